The minimum absolute atomic E-state index is 0.126. The molecule has 6 heteroatoms. The summed E-state index contributed by atoms with van der Waals surface area (Å²) < 4.78 is 17.3. The lowest BCUT2D eigenvalue weighted by Gasteiger charge is -2.25. The first-order chi connectivity index (χ1) is 15.0. The Bertz CT molecular complexity index is 1180. The topological polar surface area (TPSA) is 69.0 Å². The van der Waals surface area contributed by atoms with Crippen molar-refractivity contribution >= 4 is 16.9 Å². The zero-order chi connectivity index (χ0) is 22.1. The predicted molar refractivity (Wildman–Crippen MR) is 119 cm³/mol. The van der Waals surface area contributed by atoms with Crippen molar-refractivity contribution < 1.29 is 18.7 Å². The third-order valence-corrected chi connectivity index (χ3v) is 5.41. The highest BCUT2D eigenvalue weighted by Gasteiger charge is 2.42. The maximum absolute atomic E-state index is 13.4. The van der Waals surface area contributed by atoms with E-state index in [2.05, 4.69) is 13.8 Å². The Balaban J connectivity index is 1.86. The molecule has 0 saturated carbocycles. The molecule has 0 aliphatic carbocycles. The molecule has 0 unspecified atom stereocenters. The number of carbonyl (C=O) groups excluding carboxylic acids is 1. The standard InChI is InChI=1S/C25H27NO5/c1-5-12-26-22(16-10-11-19(20(13-16)29-4)30-14-15(2)3)21-23(27)17-8-6-7-9-18(17)31-24(21)25(26)28/h6-11,13,15,22H,5,12,14H2,1-4H3/t22-/m0/s1. The van der Waals surface area contributed by atoms with Crippen LogP contribution in [0.4, 0.5) is 0 Å². The molecule has 0 spiro atoms. The van der Waals surface area contributed by atoms with Crippen LogP contribution in [0, 0.1) is 5.92 Å². The van der Waals surface area contributed by atoms with Gasteiger partial charge in [-0.15, -0.1) is 0 Å². The first-order valence-electron chi connectivity index (χ1n) is 10.6. The Morgan fingerprint density at radius 3 is 2.58 bits per heavy atom. The second-order valence-corrected chi connectivity index (χ2v) is 8.19. The largest absolute Gasteiger partial charge is 0.493 e. The van der Waals surface area contributed by atoms with Gasteiger partial charge in [-0.1, -0.05) is 39.0 Å². The summed E-state index contributed by atoms with van der Waals surface area (Å²) in [6.07, 6.45) is 0.761. The molecule has 31 heavy (non-hydrogen) atoms. The number of hydrogen-bond acceptors (Lipinski definition) is 5. The number of para-hydroxylation sites is 1. The van der Waals surface area contributed by atoms with Gasteiger partial charge in [0, 0.05) is 6.54 Å². The summed E-state index contributed by atoms with van der Waals surface area (Å²) in [6.45, 7) is 7.24. The lowest BCUT2D eigenvalue weighted by molar-refractivity contribution is 0.0728. The molecule has 4 rings (SSSR count). The lowest BCUT2D eigenvalue weighted by Crippen LogP contribution is -2.30. The molecule has 3 aromatic rings. The minimum Gasteiger partial charge on any atom is -0.493 e. The number of ether oxygens (including phenoxy) is 2. The number of amides is 1. The van der Waals surface area contributed by atoms with Gasteiger partial charge in [-0.25, -0.2) is 0 Å². The van der Waals surface area contributed by atoms with Crippen LogP contribution in [0.25, 0.3) is 11.0 Å². The fourth-order valence-electron chi connectivity index (χ4n) is 4.02. The van der Waals surface area contributed by atoms with Gasteiger partial charge in [0.15, 0.2) is 16.9 Å². The van der Waals surface area contributed by atoms with Crippen LogP contribution in [0.15, 0.2) is 51.7 Å². The average Bonchev–Trinajstić information content (AvgIpc) is 3.04. The first-order valence-corrected chi connectivity index (χ1v) is 10.6. The molecule has 0 saturated heterocycles. The SMILES string of the molecule is CCCN1C(=O)c2oc3ccccc3c(=O)c2[C@@H]1c1ccc(OCC(C)C)c(OC)c1. The summed E-state index contributed by atoms with van der Waals surface area (Å²) in [4.78, 5) is 28.3. The van der Waals surface area contributed by atoms with E-state index in [9.17, 15) is 9.59 Å². The van der Waals surface area contributed by atoms with Crippen LogP contribution in [-0.2, 0) is 0 Å². The highest BCUT2D eigenvalue weighted by Crippen LogP contribution is 2.41. The molecular formula is C25H27NO5. The summed E-state index contributed by atoms with van der Waals surface area (Å²) in [6, 6.07) is 12.1. The number of fused-ring (bicyclic) bond motifs is 2. The van der Waals surface area contributed by atoms with Crippen LogP contribution in [0.3, 0.4) is 0 Å². The highest BCUT2D eigenvalue weighted by molar-refractivity contribution is 5.99. The Morgan fingerprint density at radius 1 is 1.10 bits per heavy atom. The van der Waals surface area contributed by atoms with Crippen LogP contribution in [0.2, 0.25) is 0 Å². The molecule has 1 atom stereocenters. The van der Waals surface area contributed by atoms with Gasteiger partial charge in [0.05, 0.1) is 30.7 Å². The van der Waals surface area contributed by atoms with Crippen molar-refractivity contribution in [2.24, 2.45) is 5.92 Å². The number of methoxy groups -OCH3 is 1. The van der Waals surface area contributed by atoms with Crippen molar-refractivity contribution in [3.05, 3.63) is 69.6 Å². The van der Waals surface area contributed by atoms with Gasteiger partial charge in [-0.2, -0.15) is 0 Å². The molecule has 0 radical (unpaired) electrons. The quantitative estimate of drug-likeness (QED) is 0.549. The second-order valence-electron chi connectivity index (χ2n) is 8.19. The molecule has 162 valence electrons. The van der Waals surface area contributed by atoms with E-state index in [0.717, 1.165) is 12.0 Å². The number of rotatable bonds is 7. The second kappa shape index (κ2) is 8.46. The van der Waals surface area contributed by atoms with Gasteiger partial charge in [-0.3, -0.25) is 9.59 Å². The molecule has 0 N–H and O–H groups in total. The molecule has 1 aromatic heterocycles. The Morgan fingerprint density at radius 2 is 1.87 bits per heavy atom. The van der Waals surface area contributed by atoms with Crippen molar-refractivity contribution in [3.8, 4) is 11.5 Å². The number of hydrogen-bond donors (Lipinski definition) is 0. The monoisotopic (exact) mass is 421 g/mol. The van der Waals surface area contributed by atoms with Gasteiger partial charge < -0.3 is 18.8 Å². The van der Waals surface area contributed by atoms with Crippen LogP contribution < -0.4 is 14.9 Å². The molecule has 0 bridgehead atoms. The first kappa shape index (κ1) is 21.0. The van der Waals surface area contributed by atoms with E-state index in [0.29, 0.717) is 47.1 Å². The van der Waals surface area contributed by atoms with Gasteiger partial charge in [-0.05, 0) is 42.2 Å². The van der Waals surface area contributed by atoms with Crippen LogP contribution >= 0.6 is 0 Å². The Labute approximate surface area is 181 Å². The van der Waals surface area contributed by atoms with E-state index in [1.165, 1.54) is 0 Å². The maximum atomic E-state index is 13.4. The lowest BCUT2D eigenvalue weighted by atomic mass is 9.98. The summed E-state index contributed by atoms with van der Waals surface area (Å²) in [5.41, 5.74) is 1.42. The summed E-state index contributed by atoms with van der Waals surface area (Å²) in [5, 5.41) is 0.473. The average molecular weight is 421 g/mol. The molecule has 0 fully saturated rings. The number of nitrogens with zero attached hydrogens (tertiary/aromatic N) is 1. The van der Waals surface area contributed by atoms with Gasteiger partial charge in [0.1, 0.15) is 5.58 Å². The fourth-order valence-corrected chi connectivity index (χ4v) is 4.02. The summed E-state index contributed by atoms with van der Waals surface area (Å²) >= 11 is 0. The Hall–Kier alpha value is -3.28. The summed E-state index contributed by atoms with van der Waals surface area (Å²) in [7, 11) is 1.58. The molecule has 1 aliphatic heterocycles. The van der Waals surface area contributed by atoms with Crippen LogP contribution in [0.1, 0.15) is 54.9 Å². The van der Waals surface area contributed by atoms with Crippen molar-refractivity contribution in [3.63, 3.8) is 0 Å². The van der Waals surface area contributed by atoms with E-state index in [1.54, 1.807) is 36.3 Å². The van der Waals surface area contributed by atoms with Crippen molar-refractivity contribution in [2.45, 2.75) is 33.2 Å². The van der Waals surface area contributed by atoms with Crippen molar-refractivity contribution in [2.75, 3.05) is 20.3 Å². The molecule has 2 aromatic carbocycles. The van der Waals surface area contributed by atoms with Gasteiger partial charge in [0.25, 0.3) is 5.91 Å². The molecule has 6 nitrogen and oxygen atoms in total. The van der Waals surface area contributed by atoms with Crippen LogP contribution in [0.5, 0.6) is 11.5 Å². The normalized spacial score (nSPS) is 15.6. The third kappa shape index (κ3) is 3.67. The van der Waals surface area contributed by atoms with E-state index in [1.807, 2.05) is 25.1 Å². The molecule has 1 aliphatic rings. The highest BCUT2D eigenvalue weighted by atomic mass is 16.5. The zero-order valence-electron chi connectivity index (χ0n) is 18.3. The molecule has 1 amide bonds. The smallest absolute Gasteiger partial charge is 0.290 e. The predicted octanol–water partition coefficient (Wildman–Crippen LogP) is 4.79. The fraction of sp³-hybridized carbons (Fsp3) is 0.360. The van der Waals surface area contributed by atoms with Crippen molar-refractivity contribution in [1.29, 1.82) is 0 Å². The minimum atomic E-state index is -0.531. The molecular weight excluding hydrogens is 394 g/mol. The van der Waals surface area contributed by atoms with Gasteiger partial charge in [0.2, 0.25) is 5.76 Å². The third-order valence-electron chi connectivity index (χ3n) is 5.41. The van der Waals surface area contributed by atoms with E-state index in [-0.39, 0.29) is 17.1 Å². The zero-order valence-corrected chi connectivity index (χ0v) is 18.3. The molecule has 2 heterocycles. The van der Waals surface area contributed by atoms with Gasteiger partial charge >= 0.3 is 0 Å². The van der Waals surface area contributed by atoms with Crippen LogP contribution in [-0.4, -0.2) is 31.1 Å². The maximum Gasteiger partial charge on any atom is 0.290 e. The van der Waals surface area contributed by atoms with E-state index in [4.69, 9.17) is 13.9 Å². The van der Waals surface area contributed by atoms with E-state index >= 15 is 0 Å². The summed E-state index contributed by atoms with van der Waals surface area (Å²) in [5.74, 6) is 1.45. The van der Waals surface area contributed by atoms with Crippen molar-refractivity contribution in [1.82, 2.24) is 4.90 Å². The number of benzene rings is 2. The Kier molecular flexibility index (Phi) is 5.72. The number of carbonyl (C=O) groups is 1. The van der Waals surface area contributed by atoms with E-state index < -0.39 is 6.04 Å².